The molecule has 1 aromatic rings. The van der Waals surface area contributed by atoms with Gasteiger partial charge in [-0.2, -0.15) is 5.26 Å². The smallest absolute Gasteiger partial charge is 0.246 e. The van der Waals surface area contributed by atoms with E-state index in [1.807, 2.05) is 49.6 Å². The number of nitrogens with zero attached hydrogens (tertiary/aromatic N) is 1. The number of hydrogen-bond donors (Lipinski definition) is 3. The van der Waals surface area contributed by atoms with Crippen molar-refractivity contribution in [3.63, 3.8) is 0 Å². The second kappa shape index (κ2) is 24.4. The van der Waals surface area contributed by atoms with Gasteiger partial charge in [-0.25, -0.2) is 0 Å². The molecule has 0 fully saturated rings. The molecule has 0 heterocycles. The van der Waals surface area contributed by atoms with Crippen molar-refractivity contribution < 1.29 is 33.3 Å². The van der Waals surface area contributed by atoms with Crippen molar-refractivity contribution in [2.24, 2.45) is 0 Å². The van der Waals surface area contributed by atoms with E-state index in [0.29, 0.717) is 45.2 Å². The molecule has 0 aliphatic rings. The Kier molecular flexibility index (Phi) is 21.4. The van der Waals surface area contributed by atoms with Crippen molar-refractivity contribution in [3.8, 4) is 5.40 Å². The lowest BCUT2D eigenvalue weighted by atomic mass is 10.2. The van der Waals surface area contributed by atoms with Crippen LogP contribution in [-0.4, -0.2) is 83.2 Å². The highest BCUT2D eigenvalue weighted by molar-refractivity contribution is 8.04. The van der Waals surface area contributed by atoms with Crippen LogP contribution in [0.25, 0.3) is 0 Å². The number of thiocyanates is 1. The van der Waals surface area contributed by atoms with Gasteiger partial charge in [0.05, 0.1) is 59.3 Å². The minimum Gasteiger partial charge on any atom is -0.387 e. The second-order valence-electron chi connectivity index (χ2n) is 9.06. The molecule has 3 N–H and O–H groups in total. The van der Waals surface area contributed by atoms with Crippen LogP contribution in [0.5, 0.6) is 0 Å². The van der Waals surface area contributed by atoms with Crippen LogP contribution in [0, 0.1) is 10.7 Å². The van der Waals surface area contributed by atoms with E-state index in [4.69, 9.17) is 28.9 Å². The van der Waals surface area contributed by atoms with Gasteiger partial charge in [-0.3, -0.25) is 9.59 Å². The van der Waals surface area contributed by atoms with Crippen molar-refractivity contribution in [2.45, 2.75) is 32.3 Å². The summed E-state index contributed by atoms with van der Waals surface area (Å²) >= 11 is 0.946. The number of thioether (sulfide) groups is 1. The number of rotatable bonds is 25. The van der Waals surface area contributed by atoms with Crippen molar-refractivity contribution in [1.29, 1.82) is 5.26 Å². The Labute approximate surface area is 253 Å². The summed E-state index contributed by atoms with van der Waals surface area (Å²) in [6, 6.07) is 7.33. The number of nitrogens with one attached hydrogen (secondary N) is 3. The quantitative estimate of drug-likeness (QED) is 0.0657. The summed E-state index contributed by atoms with van der Waals surface area (Å²) in [7, 11) is 0. The average molecular weight is 605 g/mol. The SMILES string of the molecule is C=C(C)/C=C/CNC(=O)COCCOC(COCc1cccc(NC(=O)CCOCCOCCNC(=C)C)c1)SC#N. The molecule has 0 saturated carbocycles. The highest BCUT2D eigenvalue weighted by Crippen LogP contribution is 2.15. The Morgan fingerprint density at radius 2 is 1.76 bits per heavy atom. The zero-order valence-corrected chi connectivity index (χ0v) is 25.5. The Morgan fingerprint density at radius 3 is 2.50 bits per heavy atom. The number of hydrogen-bond acceptors (Lipinski definition) is 10. The van der Waals surface area contributed by atoms with Crippen molar-refractivity contribution in [2.75, 3.05) is 71.3 Å². The molecule has 0 aliphatic heterocycles. The van der Waals surface area contributed by atoms with Crippen molar-refractivity contribution >= 4 is 29.3 Å². The van der Waals surface area contributed by atoms with E-state index in [-0.39, 0.29) is 51.3 Å². The van der Waals surface area contributed by atoms with Gasteiger partial charge in [0.25, 0.3) is 0 Å². The minimum absolute atomic E-state index is 0.0831. The molecule has 0 bridgehead atoms. The third kappa shape index (κ3) is 21.6. The van der Waals surface area contributed by atoms with Gasteiger partial charge in [-0.1, -0.05) is 43.0 Å². The fourth-order valence-corrected chi connectivity index (χ4v) is 3.57. The predicted molar refractivity (Wildman–Crippen MR) is 165 cm³/mol. The van der Waals surface area contributed by atoms with E-state index in [1.165, 1.54) is 0 Å². The highest BCUT2D eigenvalue weighted by Gasteiger charge is 2.11. The second-order valence-corrected chi connectivity index (χ2v) is 10.0. The number of carbonyl (C=O) groups is 2. The molecule has 1 rings (SSSR count). The van der Waals surface area contributed by atoms with Crippen LogP contribution in [0.4, 0.5) is 5.69 Å². The summed E-state index contributed by atoms with van der Waals surface area (Å²) in [6.07, 6.45) is 3.86. The van der Waals surface area contributed by atoms with E-state index in [0.717, 1.165) is 28.6 Å². The molecule has 0 spiro atoms. The molecular formula is C30H44N4O7S. The lowest BCUT2D eigenvalue weighted by Gasteiger charge is -2.15. The maximum atomic E-state index is 12.2. The molecule has 1 aromatic carbocycles. The number of amides is 2. The summed E-state index contributed by atoms with van der Waals surface area (Å²) < 4.78 is 27.6. The monoisotopic (exact) mass is 604 g/mol. The first kappa shape index (κ1) is 36.8. The molecule has 0 radical (unpaired) electrons. The molecule has 0 aromatic heterocycles. The van der Waals surface area contributed by atoms with Crippen molar-refractivity contribution in [3.05, 3.63) is 66.4 Å². The molecule has 42 heavy (non-hydrogen) atoms. The average Bonchev–Trinajstić information content (AvgIpc) is 2.94. The Balaban J connectivity index is 2.22. The first-order valence-electron chi connectivity index (χ1n) is 13.6. The summed E-state index contributed by atoms with van der Waals surface area (Å²) in [6.45, 7) is 14.9. The van der Waals surface area contributed by atoms with Gasteiger partial charge in [0.2, 0.25) is 11.8 Å². The van der Waals surface area contributed by atoms with Gasteiger partial charge in [-0.05, 0) is 43.3 Å². The van der Waals surface area contributed by atoms with Crippen LogP contribution >= 0.6 is 11.8 Å². The molecule has 12 heteroatoms. The topological polar surface area (TPSA) is 140 Å². The van der Waals surface area contributed by atoms with E-state index in [9.17, 15) is 9.59 Å². The van der Waals surface area contributed by atoms with Gasteiger partial charge >= 0.3 is 0 Å². The van der Waals surface area contributed by atoms with Crippen LogP contribution in [-0.2, 0) is 39.9 Å². The largest absolute Gasteiger partial charge is 0.387 e. The van der Waals surface area contributed by atoms with Crippen LogP contribution in [0.3, 0.4) is 0 Å². The number of allylic oxidation sites excluding steroid dienone is 3. The number of nitriles is 1. The van der Waals surface area contributed by atoms with Crippen LogP contribution < -0.4 is 16.0 Å². The first-order valence-corrected chi connectivity index (χ1v) is 14.5. The highest BCUT2D eigenvalue weighted by atomic mass is 32.2. The van der Waals surface area contributed by atoms with Crippen LogP contribution in [0.2, 0.25) is 0 Å². The normalized spacial score (nSPS) is 11.5. The lowest BCUT2D eigenvalue weighted by molar-refractivity contribution is -0.126. The Morgan fingerprint density at radius 1 is 1.00 bits per heavy atom. The zero-order chi connectivity index (χ0) is 30.8. The Bertz CT molecular complexity index is 1030. The predicted octanol–water partition coefficient (Wildman–Crippen LogP) is 3.51. The number of carbonyl (C=O) groups excluding carboxylic acids is 2. The van der Waals surface area contributed by atoms with Crippen molar-refractivity contribution in [1.82, 2.24) is 10.6 Å². The van der Waals surface area contributed by atoms with Gasteiger partial charge in [-0.15, -0.1) is 0 Å². The number of benzene rings is 1. The molecule has 11 nitrogen and oxygen atoms in total. The fraction of sp³-hybridized carbons (Fsp3) is 0.500. The van der Waals surface area contributed by atoms with Gasteiger partial charge < -0.3 is 39.6 Å². The van der Waals surface area contributed by atoms with Gasteiger partial charge in [0.1, 0.15) is 17.4 Å². The number of ether oxygens (including phenoxy) is 5. The summed E-state index contributed by atoms with van der Waals surface area (Å²) in [4.78, 5) is 24.0. The van der Waals surface area contributed by atoms with E-state index < -0.39 is 5.44 Å². The fourth-order valence-electron chi connectivity index (χ4n) is 3.12. The lowest BCUT2D eigenvalue weighted by Crippen LogP contribution is -2.28. The van der Waals surface area contributed by atoms with E-state index in [1.54, 1.807) is 6.07 Å². The minimum atomic E-state index is -0.513. The zero-order valence-electron chi connectivity index (χ0n) is 24.7. The maximum absolute atomic E-state index is 12.2. The van der Waals surface area contributed by atoms with Crippen LogP contribution in [0.1, 0.15) is 25.8 Å². The van der Waals surface area contributed by atoms with E-state index >= 15 is 0 Å². The number of anilines is 1. The van der Waals surface area contributed by atoms with Gasteiger partial charge in [0, 0.05) is 24.5 Å². The summed E-state index contributed by atoms with van der Waals surface area (Å²) in [5.41, 5.74) is 2.80. The van der Waals surface area contributed by atoms with E-state index in [2.05, 4.69) is 29.1 Å². The third-order valence-corrected chi connectivity index (χ3v) is 5.66. The third-order valence-electron chi connectivity index (χ3n) is 5.02. The Hall–Kier alpha value is -3.18. The maximum Gasteiger partial charge on any atom is 0.246 e. The standard InChI is InChI=1S/C30H44N4O7S/c1-24(2)7-6-11-33-29(36)21-39-17-18-41-30(42-23-31)22-40-20-26-8-5-9-27(19-26)34-28(35)10-13-37-15-16-38-14-12-32-25(3)4/h5-9,19,30,32H,1,3,10-18,20-22H2,2,4H3,(H,33,36)(H,34,35)/b7-6+. The molecular weight excluding hydrogens is 560 g/mol. The first-order chi connectivity index (χ1) is 20.3. The molecule has 232 valence electrons. The molecule has 1 unspecified atom stereocenters. The van der Waals surface area contributed by atoms with Crippen LogP contribution in [0.15, 0.2) is 60.8 Å². The summed E-state index contributed by atoms with van der Waals surface area (Å²) in [5, 5.41) is 19.7. The molecule has 2 amide bonds. The summed E-state index contributed by atoms with van der Waals surface area (Å²) in [5.74, 6) is -0.387. The molecule has 0 saturated heterocycles. The molecule has 1 atom stereocenters. The van der Waals surface area contributed by atoms with Gasteiger partial charge in [0.15, 0.2) is 0 Å². The molecule has 0 aliphatic carbocycles.